The number of carbonyl (C=O) groups excluding carboxylic acids is 2. The zero-order valence-electron chi connectivity index (χ0n) is 50.3. The van der Waals surface area contributed by atoms with Gasteiger partial charge >= 0.3 is 5.97 Å². The topological polar surface area (TPSA) is 95.9 Å². The van der Waals surface area contributed by atoms with Gasteiger partial charge in [0.05, 0.1) is 25.4 Å². The lowest BCUT2D eigenvalue weighted by atomic mass is 10.0. The van der Waals surface area contributed by atoms with Gasteiger partial charge in [0.2, 0.25) is 5.91 Å². The maximum atomic E-state index is 12.5. The molecule has 0 aromatic carbocycles. The molecule has 0 aliphatic rings. The molecule has 6 nitrogen and oxygen atoms in total. The van der Waals surface area contributed by atoms with E-state index in [4.69, 9.17) is 4.74 Å². The number of ether oxygens (including phenoxy) is 1. The summed E-state index contributed by atoms with van der Waals surface area (Å²) in [6.45, 7) is 4.87. The van der Waals surface area contributed by atoms with E-state index >= 15 is 0 Å². The van der Waals surface area contributed by atoms with Gasteiger partial charge in [-0.25, -0.2) is 0 Å². The molecule has 440 valence electrons. The number of aliphatic hydroxyl groups excluding tert-OH is 2. The molecule has 2 atom stereocenters. The predicted octanol–water partition coefficient (Wildman–Crippen LogP) is 21.3. The van der Waals surface area contributed by atoms with Crippen molar-refractivity contribution in [1.29, 1.82) is 0 Å². The summed E-state index contributed by atoms with van der Waals surface area (Å²) >= 11 is 0. The molecule has 6 heteroatoms. The van der Waals surface area contributed by atoms with Gasteiger partial charge in [-0.1, -0.05) is 306 Å². The molecule has 75 heavy (non-hydrogen) atoms. The second-order valence-electron chi connectivity index (χ2n) is 22.8. The van der Waals surface area contributed by atoms with Crippen LogP contribution >= 0.6 is 0 Å². The predicted molar refractivity (Wildman–Crippen MR) is 329 cm³/mol. The first-order valence-corrected chi connectivity index (χ1v) is 33.4. The Morgan fingerprint density at radius 2 is 0.680 bits per heavy atom. The number of hydrogen-bond donors (Lipinski definition) is 3. The Morgan fingerprint density at radius 3 is 1.07 bits per heavy atom. The van der Waals surface area contributed by atoms with Crippen LogP contribution in [-0.2, 0) is 14.3 Å². The van der Waals surface area contributed by atoms with Crippen molar-refractivity contribution in [3.8, 4) is 0 Å². The van der Waals surface area contributed by atoms with Gasteiger partial charge in [0, 0.05) is 12.8 Å². The van der Waals surface area contributed by atoms with E-state index in [1.807, 2.05) is 6.08 Å². The van der Waals surface area contributed by atoms with Crippen molar-refractivity contribution in [2.45, 2.75) is 366 Å². The molecule has 0 rings (SSSR count). The quantitative estimate of drug-likeness (QED) is 0.0320. The van der Waals surface area contributed by atoms with Crippen molar-refractivity contribution in [2.75, 3.05) is 13.2 Å². The highest BCUT2D eigenvalue weighted by molar-refractivity contribution is 5.76. The molecule has 0 aliphatic carbocycles. The van der Waals surface area contributed by atoms with Crippen LogP contribution in [0.25, 0.3) is 0 Å². The number of rotatable bonds is 62. The lowest BCUT2D eigenvalue weighted by Crippen LogP contribution is -2.45. The molecule has 0 radical (unpaired) electrons. The third kappa shape index (κ3) is 60.9. The van der Waals surface area contributed by atoms with Gasteiger partial charge in [0.15, 0.2) is 0 Å². The van der Waals surface area contributed by atoms with Gasteiger partial charge in [0.1, 0.15) is 0 Å². The first-order valence-electron chi connectivity index (χ1n) is 33.4. The Hall–Kier alpha value is -2.18. The van der Waals surface area contributed by atoms with Crippen LogP contribution in [0.15, 0.2) is 48.6 Å². The lowest BCUT2D eigenvalue weighted by molar-refractivity contribution is -0.143. The molecule has 0 spiro atoms. The van der Waals surface area contributed by atoms with Gasteiger partial charge in [0.25, 0.3) is 0 Å². The highest BCUT2D eigenvalue weighted by Gasteiger charge is 2.18. The van der Waals surface area contributed by atoms with Crippen LogP contribution in [0, 0.1) is 0 Å². The molecule has 0 aromatic rings. The van der Waals surface area contributed by atoms with Crippen molar-refractivity contribution in [3.05, 3.63) is 48.6 Å². The average Bonchev–Trinajstić information content (AvgIpc) is 3.41. The average molecular weight is 1050 g/mol. The van der Waals surface area contributed by atoms with Crippen molar-refractivity contribution in [1.82, 2.24) is 5.32 Å². The summed E-state index contributed by atoms with van der Waals surface area (Å²) in [5, 5.41) is 23.1. The van der Waals surface area contributed by atoms with Crippen molar-refractivity contribution < 1.29 is 24.5 Å². The van der Waals surface area contributed by atoms with Gasteiger partial charge < -0.3 is 20.3 Å². The van der Waals surface area contributed by atoms with Gasteiger partial charge in [-0.15, -0.1) is 0 Å². The molecule has 3 N–H and O–H groups in total. The summed E-state index contributed by atoms with van der Waals surface area (Å²) in [5.74, 6) is -0.0646. The third-order valence-corrected chi connectivity index (χ3v) is 15.3. The molecule has 0 aliphatic heterocycles. The second-order valence-corrected chi connectivity index (χ2v) is 22.8. The zero-order chi connectivity index (χ0) is 54.3. The highest BCUT2D eigenvalue weighted by atomic mass is 16.5. The Kier molecular flexibility index (Phi) is 62.5. The molecule has 0 saturated heterocycles. The van der Waals surface area contributed by atoms with E-state index in [0.29, 0.717) is 19.4 Å². The molecular formula is C69H129NO5. The first kappa shape index (κ1) is 72.8. The summed E-state index contributed by atoms with van der Waals surface area (Å²) < 4.78 is 5.48. The van der Waals surface area contributed by atoms with E-state index < -0.39 is 12.1 Å². The van der Waals surface area contributed by atoms with E-state index in [2.05, 4.69) is 55.6 Å². The molecule has 1 amide bonds. The lowest BCUT2D eigenvalue weighted by Gasteiger charge is -2.20. The van der Waals surface area contributed by atoms with Crippen LogP contribution < -0.4 is 5.32 Å². The first-order chi connectivity index (χ1) is 37.0. The molecule has 2 unspecified atom stereocenters. The SMILES string of the molecule is CCCC/C=C\C/C=C\CCCCCCCC(=O)OCCCCCCCCCCCCCC/C=C\CCCCCCCCCCCCCCCC(=O)NC(CO)C(O)/C=C/CCCCCCCCCCCCCCC. The summed E-state index contributed by atoms with van der Waals surface area (Å²) in [6.07, 6.45) is 83.2. The highest BCUT2D eigenvalue weighted by Crippen LogP contribution is 2.17. The molecular weight excluding hydrogens is 923 g/mol. The van der Waals surface area contributed by atoms with Gasteiger partial charge in [-0.05, 0) is 83.5 Å². The number of amides is 1. The van der Waals surface area contributed by atoms with Crippen LogP contribution in [-0.4, -0.2) is 47.4 Å². The number of carbonyl (C=O) groups is 2. The summed E-state index contributed by atoms with van der Waals surface area (Å²) in [7, 11) is 0. The molecule has 0 saturated carbocycles. The monoisotopic (exact) mass is 1050 g/mol. The van der Waals surface area contributed by atoms with Gasteiger partial charge in [-0.2, -0.15) is 0 Å². The van der Waals surface area contributed by atoms with Crippen LogP contribution in [0.3, 0.4) is 0 Å². The van der Waals surface area contributed by atoms with E-state index in [9.17, 15) is 19.8 Å². The summed E-state index contributed by atoms with van der Waals surface area (Å²) in [5.41, 5.74) is 0. The Morgan fingerprint density at radius 1 is 0.373 bits per heavy atom. The fraction of sp³-hybridized carbons (Fsp3) is 0.855. The minimum atomic E-state index is -0.844. The molecule has 0 bridgehead atoms. The van der Waals surface area contributed by atoms with Gasteiger partial charge in [-0.3, -0.25) is 9.59 Å². The second kappa shape index (κ2) is 64.3. The standard InChI is InChI=1S/C69H129NO5/c1-3-5-7-9-11-13-15-17-34-37-41-45-49-53-57-61-67(72)66(65-71)70-68(73)62-58-54-50-46-42-38-35-32-30-28-26-24-22-20-19-21-23-25-27-29-31-33-36-40-44-48-52-56-60-64-75-69(74)63-59-55-51-47-43-39-18-16-14-12-10-8-6-4-2/h10,12,16,18-19,21,57,61,66-67,71-72H,3-9,11,13-15,17,20,22-56,58-60,62-65H2,1-2H3,(H,70,73)/b12-10-,18-16-,21-19-,61-57+. The fourth-order valence-corrected chi connectivity index (χ4v) is 10.2. The van der Waals surface area contributed by atoms with Crippen LogP contribution in [0.2, 0.25) is 0 Å². The van der Waals surface area contributed by atoms with Crippen LogP contribution in [0.4, 0.5) is 0 Å². The zero-order valence-corrected chi connectivity index (χ0v) is 50.3. The van der Waals surface area contributed by atoms with Crippen molar-refractivity contribution in [2.24, 2.45) is 0 Å². The van der Waals surface area contributed by atoms with E-state index in [0.717, 1.165) is 51.4 Å². The summed E-state index contributed by atoms with van der Waals surface area (Å²) in [6, 6.07) is -0.628. The fourth-order valence-electron chi connectivity index (χ4n) is 10.2. The number of esters is 1. The minimum absolute atomic E-state index is 0.00133. The summed E-state index contributed by atoms with van der Waals surface area (Å²) in [4.78, 5) is 24.5. The van der Waals surface area contributed by atoms with E-state index in [1.54, 1.807) is 6.08 Å². The number of aliphatic hydroxyl groups is 2. The molecule has 0 fully saturated rings. The van der Waals surface area contributed by atoms with Crippen molar-refractivity contribution in [3.63, 3.8) is 0 Å². The maximum Gasteiger partial charge on any atom is 0.305 e. The largest absolute Gasteiger partial charge is 0.466 e. The number of allylic oxidation sites excluding steroid dienone is 7. The van der Waals surface area contributed by atoms with E-state index in [1.165, 1.54) is 276 Å². The van der Waals surface area contributed by atoms with Crippen LogP contribution in [0.1, 0.15) is 354 Å². The number of unbranched alkanes of at least 4 members (excludes halogenated alkanes) is 45. The minimum Gasteiger partial charge on any atom is -0.466 e. The number of hydrogen-bond acceptors (Lipinski definition) is 5. The van der Waals surface area contributed by atoms with Crippen molar-refractivity contribution >= 4 is 11.9 Å². The smallest absolute Gasteiger partial charge is 0.305 e. The Bertz CT molecular complexity index is 1260. The third-order valence-electron chi connectivity index (χ3n) is 15.3. The molecule has 0 aromatic heterocycles. The number of nitrogens with one attached hydrogen (secondary N) is 1. The Labute approximate surface area is 467 Å². The van der Waals surface area contributed by atoms with Crippen LogP contribution in [0.5, 0.6) is 0 Å². The normalized spacial score (nSPS) is 12.9. The maximum absolute atomic E-state index is 12.5. The Balaban J connectivity index is 3.39. The molecule has 0 heterocycles. The van der Waals surface area contributed by atoms with E-state index in [-0.39, 0.29) is 18.5 Å².